The molecule has 1 aliphatic rings. The lowest BCUT2D eigenvalue weighted by Crippen LogP contribution is -2.28. The van der Waals surface area contributed by atoms with Crippen molar-refractivity contribution in [2.24, 2.45) is 5.92 Å². The summed E-state index contributed by atoms with van der Waals surface area (Å²) in [5.41, 5.74) is 2.54. The summed E-state index contributed by atoms with van der Waals surface area (Å²) in [6.45, 7) is 6.65. The molecule has 1 heterocycles. The Kier molecular flexibility index (Phi) is 5.94. The van der Waals surface area contributed by atoms with Gasteiger partial charge in [0.25, 0.3) is 0 Å². The molecule has 0 bridgehead atoms. The van der Waals surface area contributed by atoms with Crippen LogP contribution in [0.15, 0.2) is 10.5 Å². The summed E-state index contributed by atoms with van der Waals surface area (Å²) < 4.78 is 12.2. The molecule has 1 aliphatic heterocycles. The van der Waals surface area contributed by atoms with E-state index in [1.807, 2.05) is 0 Å². The molecule has 0 radical (unpaired) electrons. The largest absolute Gasteiger partial charge is 0.495 e. The van der Waals surface area contributed by atoms with Crippen molar-refractivity contribution in [1.29, 1.82) is 0 Å². The lowest BCUT2D eigenvalue weighted by Gasteiger charge is -2.25. The maximum Gasteiger partial charge on any atom is 0.140 e. The number of hydrogen-bond donors (Lipinski definition) is 1. The van der Waals surface area contributed by atoms with Crippen molar-refractivity contribution in [3.8, 4) is 11.5 Å². The van der Waals surface area contributed by atoms with Gasteiger partial charge in [0.05, 0.1) is 14.2 Å². The average molecular weight is 356 g/mol. The van der Waals surface area contributed by atoms with Gasteiger partial charge in [-0.3, -0.25) is 0 Å². The first kappa shape index (κ1) is 16.6. The monoisotopic (exact) mass is 355 g/mol. The fourth-order valence-corrected chi connectivity index (χ4v) is 3.90. The van der Waals surface area contributed by atoms with Gasteiger partial charge in [0.2, 0.25) is 0 Å². The molecule has 0 spiro atoms. The number of methoxy groups -OCH3 is 2. The smallest absolute Gasteiger partial charge is 0.140 e. The van der Waals surface area contributed by atoms with Gasteiger partial charge in [-0.2, -0.15) is 0 Å². The van der Waals surface area contributed by atoms with Gasteiger partial charge in [0.15, 0.2) is 0 Å². The van der Waals surface area contributed by atoms with Gasteiger partial charge in [-0.05, 0) is 77.3 Å². The molecule has 2 rings (SSSR count). The van der Waals surface area contributed by atoms with Crippen LogP contribution < -0.4 is 14.8 Å². The summed E-state index contributed by atoms with van der Waals surface area (Å²) in [6.07, 6.45) is 3.56. The van der Waals surface area contributed by atoms with Crippen molar-refractivity contribution in [1.82, 2.24) is 5.32 Å². The van der Waals surface area contributed by atoms with E-state index in [0.717, 1.165) is 41.4 Å². The normalized spacial score (nSPS) is 16.3. The predicted octanol–water partition coefficient (Wildman–Crippen LogP) is 4.13. The molecule has 21 heavy (non-hydrogen) atoms. The Balaban J connectivity index is 2.38. The number of benzene rings is 1. The second kappa shape index (κ2) is 7.50. The second-order valence-corrected chi connectivity index (χ2v) is 6.85. The molecule has 1 N–H and O–H groups in total. The van der Waals surface area contributed by atoms with Crippen LogP contribution in [-0.2, 0) is 6.42 Å². The maximum absolute atomic E-state index is 5.65. The highest BCUT2D eigenvalue weighted by atomic mass is 79.9. The van der Waals surface area contributed by atoms with Crippen molar-refractivity contribution in [3.05, 3.63) is 21.7 Å². The molecule has 3 nitrogen and oxygen atoms in total. The summed E-state index contributed by atoms with van der Waals surface area (Å²) in [5.74, 6) is 2.99. The first-order valence-electron chi connectivity index (χ1n) is 7.72. The molecule has 4 heteroatoms. The van der Waals surface area contributed by atoms with Gasteiger partial charge in [0.1, 0.15) is 16.0 Å². The minimum absolute atomic E-state index is 0.425. The first-order chi connectivity index (χ1) is 10.1. The topological polar surface area (TPSA) is 30.5 Å². The molecule has 0 aliphatic carbocycles. The SMILES string of the molecule is COc1c(CC2CCNCC2)cc(C(C)C)c(OC)c1Br. The zero-order valence-corrected chi connectivity index (χ0v) is 15.0. The van der Waals surface area contributed by atoms with Crippen LogP contribution in [0.2, 0.25) is 0 Å². The van der Waals surface area contributed by atoms with Gasteiger partial charge in [-0.15, -0.1) is 0 Å². The number of halogens is 1. The van der Waals surface area contributed by atoms with E-state index in [4.69, 9.17) is 9.47 Å². The van der Waals surface area contributed by atoms with E-state index in [2.05, 4.69) is 41.2 Å². The Hall–Kier alpha value is -0.740. The van der Waals surface area contributed by atoms with Crippen LogP contribution >= 0.6 is 15.9 Å². The van der Waals surface area contributed by atoms with Gasteiger partial charge in [-0.25, -0.2) is 0 Å². The van der Waals surface area contributed by atoms with Crippen LogP contribution in [0.25, 0.3) is 0 Å². The number of hydrogen-bond acceptors (Lipinski definition) is 3. The fraction of sp³-hybridized carbons (Fsp3) is 0.647. The van der Waals surface area contributed by atoms with Crippen LogP contribution in [0.5, 0.6) is 11.5 Å². The Morgan fingerprint density at radius 2 is 1.81 bits per heavy atom. The van der Waals surface area contributed by atoms with E-state index in [1.54, 1.807) is 14.2 Å². The van der Waals surface area contributed by atoms with Crippen molar-refractivity contribution in [2.75, 3.05) is 27.3 Å². The summed E-state index contributed by atoms with van der Waals surface area (Å²) >= 11 is 3.67. The molecule has 1 saturated heterocycles. The molecule has 0 unspecified atom stereocenters. The molecular weight excluding hydrogens is 330 g/mol. The highest BCUT2D eigenvalue weighted by Gasteiger charge is 2.22. The third kappa shape index (κ3) is 3.72. The van der Waals surface area contributed by atoms with Crippen molar-refractivity contribution < 1.29 is 9.47 Å². The highest BCUT2D eigenvalue weighted by molar-refractivity contribution is 9.10. The molecule has 1 aromatic carbocycles. The molecule has 1 fully saturated rings. The molecular formula is C17H26BrNO2. The number of rotatable bonds is 5. The molecule has 0 amide bonds. The van der Waals surface area contributed by atoms with E-state index in [-0.39, 0.29) is 0 Å². The van der Waals surface area contributed by atoms with Gasteiger partial charge in [-0.1, -0.05) is 13.8 Å². The Morgan fingerprint density at radius 3 is 2.33 bits per heavy atom. The molecule has 118 valence electrons. The number of ether oxygens (including phenoxy) is 2. The summed E-state index contributed by atoms with van der Waals surface area (Å²) in [4.78, 5) is 0. The summed E-state index contributed by atoms with van der Waals surface area (Å²) in [7, 11) is 3.46. The Bertz CT molecular complexity index is 482. The zero-order valence-electron chi connectivity index (χ0n) is 13.5. The Morgan fingerprint density at radius 1 is 1.19 bits per heavy atom. The first-order valence-corrected chi connectivity index (χ1v) is 8.51. The van der Waals surface area contributed by atoms with Gasteiger partial charge < -0.3 is 14.8 Å². The summed E-state index contributed by atoms with van der Waals surface area (Å²) in [5, 5.41) is 3.43. The van der Waals surface area contributed by atoms with E-state index in [0.29, 0.717) is 5.92 Å². The van der Waals surface area contributed by atoms with Crippen molar-refractivity contribution in [3.63, 3.8) is 0 Å². The molecule has 0 aromatic heterocycles. The van der Waals surface area contributed by atoms with Gasteiger partial charge >= 0.3 is 0 Å². The van der Waals surface area contributed by atoms with Crippen molar-refractivity contribution in [2.45, 2.75) is 39.0 Å². The number of nitrogens with one attached hydrogen (secondary N) is 1. The summed E-state index contributed by atoms with van der Waals surface area (Å²) in [6, 6.07) is 2.27. The van der Waals surface area contributed by atoms with Crippen LogP contribution in [0.3, 0.4) is 0 Å². The standard InChI is InChI=1S/C17H26BrNO2/c1-11(2)14-10-13(9-12-5-7-19-8-6-12)16(20-3)15(18)17(14)21-4/h10-12,19H,5-9H2,1-4H3. The quantitative estimate of drug-likeness (QED) is 0.861. The minimum Gasteiger partial charge on any atom is -0.495 e. The van der Waals surface area contributed by atoms with Gasteiger partial charge in [0, 0.05) is 0 Å². The molecule has 0 atom stereocenters. The van der Waals surface area contributed by atoms with E-state index < -0.39 is 0 Å². The van der Waals surface area contributed by atoms with E-state index in [9.17, 15) is 0 Å². The number of piperidine rings is 1. The van der Waals surface area contributed by atoms with Crippen LogP contribution in [0, 0.1) is 5.92 Å². The van der Waals surface area contributed by atoms with Crippen LogP contribution in [0.4, 0.5) is 0 Å². The lowest BCUT2D eigenvalue weighted by molar-refractivity contribution is 0.355. The second-order valence-electron chi connectivity index (χ2n) is 6.06. The maximum atomic E-state index is 5.65. The Labute approximate surface area is 136 Å². The van der Waals surface area contributed by atoms with Crippen molar-refractivity contribution >= 4 is 15.9 Å². The van der Waals surface area contributed by atoms with Crippen LogP contribution in [-0.4, -0.2) is 27.3 Å². The van der Waals surface area contributed by atoms with Crippen LogP contribution in [0.1, 0.15) is 43.7 Å². The zero-order chi connectivity index (χ0) is 15.4. The minimum atomic E-state index is 0.425. The molecule has 1 aromatic rings. The molecule has 0 saturated carbocycles. The average Bonchev–Trinajstić information content (AvgIpc) is 2.48. The van der Waals surface area contributed by atoms with E-state index >= 15 is 0 Å². The fourth-order valence-electron chi connectivity index (χ4n) is 3.10. The third-order valence-corrected chi connectivity index (χ3v) is 5.00. The van der Waals surface area contributed by atoms with E-state index in [1.165, 1.54) is 24.0 Å². The predicted molar refractivity (Wildman–Crippen MR) is 90.6 cm³/mol. The lowest BCUT2D eigenvalue weighted by atomic mass is 9.88. The highest BCUT2D eigenvalue weighted by Crippen LogP contribution is 2.43. The third-order valence-electron chi connectivity index (χ3n) is 4.28.